The molecule has 8 atom stereocenters. The van der Waals surface area contributed by atoms with E-state index in [0.29, 0.717) is 28.3 Å². The molecule has 2 aliphatic heterocycles. The summed E-state index contributed by atoms with van der Waals surface area (Å²) in [5.74, 6) is -5.49. The summed E-state index contributed by atoms with van der Waals surface area (Å²) < 4.78 is 24.0. The number of carbonyl (C=O) groups excluding carboxylic acids is 1. The van der Waals surface area contributed by atoms with Crippen LogP contribution in [0.25, 0.3) is 11.3 Å². The summed E-state index contributed by atoms with van der Waals surface area (Å²) in [5, 5.41) is 66.0. The lowest BCUT2D eigenvalue weighted by atomic mass is 9.61. The van der Waals surface area contributed by atoms with Gasteiger partial charge in [-0.25, -0.2) is 4.79 Å². The number of hydrogen-bond donors (Lipinski definition) is 6. The number of carbonyl (C=O) groups is 2. The molecule has 0 radical (unpaired) electrons. The molecular weight excluding hydrogens is 566 g/mol. The van der Waals surface area contributed by atoms with E-state index in [4.69, 9.17) is 18.9 Å². The van der Waals surface area contributed by atoms with Gasteiger partial charge >= 0.3 is 11.9 Å². The molecule has 6 N–H and O–H groups in total. The Morgan fingerprint density at radius 3 is 2.67 bits per heavy atom. The second kappa shape index (κ2) is 11.8. The third kappa shape index (κ3) is 4.65. The summed E-state index contributed by atoms with van der Waals surface area (Å²) in [7, 11) is 1.19. The fraction of sp³-hybridized carbons (Fsp3) is 0.600. The van der Waals surface area contributed by atoms with Crippen molar-refractivity contribution in [3.63, 3.8) is 0 Å². The number of aromatic nitrogens is 1. The van der Waals surface area contributed by atoms with Gasteiger partial charge in [0.1, 0.15) is 18.8 Å². The molecule has 0 aromatic carbocycles. The van der Waals surface area contributed by atoms with Crippen molar-refractivity contribution >= 4 is 23.3 Å². The summed E-state index contributed by atoms with van der Waals surface area (Å²) in [6.07, 6.45) is 0.709. The van der Waals surface area contributed by atoms with E-state index in [9.17, 15) is 40.2 Å². The molecule has 4 aliphatic rings. The first-order valence-electron chi connectivity index (χ1n) is 14.3. The zero-order chi connectivity index (χ0) is 31.2. The number of rotatable bonds is 11. The third-order valence-electron chi connectivity index (χ3n) is 9.37. The number of carboxylic acids is 1. The molecule has 13 heteroatoms. The Kier molecular flexibility index (Phi) is 8.62. The number of fused-ring (bicyclic) bond motifs is 2. The number of nitrogens with zero attached hydrogens (tertiary/aromatic N) is 1. The molecule has 43 heavy (non-hydrogen) atoms. The van der Waals surface area contributed by atoms with Crippen LogP contribution in [-0.4, -0.2) is 105 Å². The molecular formula is C30H38NO12-. The van der Waals surface area contributed by atoms with Gasteiger partial charge in [-0.05, 0) is 36.5 Å². The van der Waals surface area contributed by atoms with E-state index in [1.807, 2.05) is 0 Å². The van der Waals surface area contributed by atoms with Crippen LogP contribution >= 0.6 is 0 Å². The first-order chi connectivity index (χ1) is 20.6. The lowest BCUT2D eigenvalue weighted by molar-refractivity contribution is -0.434. The van der Waals surface area contributed by atoms with Crippen molar-refractivity contribution in [2.75, 3.05) is 26.9 Å². The van der Waals surface area contributed by atoms with E-state index in [0.717, 1.165) is 0 Å². The van der Waals surface area contributed by atoms with Crippen LogP contribution < -0.4 is 15.6 Å². The molecule has 236 valence electrons. The largest absolute Gasteiger partial charge is 0.661 e. The van der Waals surface area contributed by atoms with Gasteiger partial charge in [0.05, 0.1) is 32.0 Å². The molecule has 3 heterocycles. The topological polar surface area (TPSA) is 207 Å². The van der Waals surface area contributed by atoms with Crippen LogP contribution in [-0.2, 0) is 28.5 Å². The number of carboxylic acid groups (broad SMARTS) is 1. The van der Waals surface area contributed by atoms with E-state index in [1.54, 1.807) is 12.3 Å². The van der Waals surface area contributed by atoms with Crippen molar-refractivity contribution in [3.05, 3.63) is 47.1 Å². The first kappa shape index (κ1) is 31.4. The zero-order valence-electron chi connectivity index (χ0n) is 23.8. The van der Waals surface area contributed by atoms with Gasteiger partial charge in [-0.2, -0.15) is 6.20 Å². The van der Waals surface area contributed by atoms with Gasteiger partial charge in [-0.3, -0.25) is 4.79 Å². The van der Waals surface area contributed by atoms with E-state index in [2.05, 4.69) is 11.6 Å². The third-order valence-corrected chi connectivity index (χ3v) is 9.37. The maximum absolute atomic E-state index is 12.5. The first-order valence-corrected chi connectivity index (χ1v) is 14.3. The zero-order valence-corrected chi connectivity index (χ0v) is 23.8. The minimum atomic E-state index is -2.29. The summed E-state index contributed by atoms with van der Waals surface area (Å²) in [6, 6.07) is 1.76. The van der Waals surface area contributed by atoms with E-state index >= 15 is 0 Å². The molecule has 1 aromatic rings. The van der Waals surface area contributed by atoms with E-state index in [-0.39, 0.29) is 37.9 Å². The van der Waals surface area contributed by atoms with Gasteiger partial charge in [-0.15, -0.1) is 6.58 Å². The highest BCUT2D eigenvalue weighted by molar-refractivity contribution is 5.90. The normalized spacial score (nSPS) is 36.6. The molecule has 1 aromatic heterocycles. The number of hydrogen-bond acceptors (Lipinski definition) is 11. The maximum atomic E-state index is 12.5. The number of ether oxygens (including phenoxy) is 4. The quantitative estimate of drug-likeness (QED) is 0.122. The minimum absolute atomic E-state index is 0.0406. The molecule has 2 bridgehead atoms. The number of aliphatic carboxylic acids is 1. The van der Waals surface area contributed by atoms with Crippen LogP contribution in [0, 0.1) is 11.8 Å². The van der Waals surface area contributed by atoms with Gasteiger partial charge in [0.25, 0.3) is 0 Å². The number of aliphatic hydroxyl groups is 5. The predicted molar refractivity (Wildman–Crippen MR) is 147 cm³/mol. The van der Waals surface area contributed by atoms with E-state index < -0.39 is 78.7 Å². The Hall–Kier alpha value is -3.04. The molecule has 1 spiro atoms. The summed E-state index contributed by atoms with van der Waals surface area (Å²) >= 11 is 0. The maximum Gasteiger partial charge on any atom is 0.333 e. The number of aliphatic hydroxyl groups excluding tert-OH is 4. The van der Waals surface area contributed by atoms with Gasteiger partial charge < -0.3 is 54.6 Å². The average molecular weight is 605 g/mol. The van der Waals surface area contributed by atoms with Crippen LogP contribution in [0.5, 0.6) is 0 Å². The Balaban J connectivity index is 1.57. The van der Waals surface area contributed by atoms with Crippen LogP contribution in [0.2, 0.25) is 0 Å². The van der Waals surface area contributed by atoms with Gasteiger partial charge in [0.15, 0.2) is 11.2 Å². The fourth-order valence-electron chi connectivity index (χ4n) is 7.35. The van der Waals surface area contributed by atoms with Gasteiger partial charge in [0.2, 0.25) is 5.79 Å². The van der Waals surface area contributed by atoms with Crippen molar-refractivity contribution in [3.8, 4) is 0 Å². The second-order valence-corrected chi connectivity index (χ2v) is 11.4. The predicted octanol–water partition coefficient (Wildman–Crippen LogP) is -1.81. The molecule has 8 unspecified atom stereocenters. The minimum Gasteiger partial charge on any atom is -0.661 e. The van der Waals surface area contributed by atoms with E-state index in [1.165, 1.54) is 19.3 Å². The Morgan fingerprint density at radius 2 is 2.05 bits per heavy atom. The molecule has 2 aliphatic carbocycles. The lowest BCUT2D eigenvalue weighted by Gasteiger charge is -2.64. The van der Waals surface area contributed by atoms with Gasteiger partial charge in [0, 0.05) is 30.4 Å². The summed E-state index contributed by atoms with van der Waals surface area (Å²) in [6.45, 7) is 2.07. The fourth-order valence-corrected chi connectivity index (χ4v) is 7.35. The Labute approximate surface area is 247 Å². The monoisotopic (exact) mass is 604 g/mol. The smallest absolute Gasteiger partial charge is 0.333 e. The van der Waals surface area contributed by atoms with Crippen molar-refractivity contribution in [1.82, 2.24) is 4.98 Å². The highest BCUT2D eigenvalue weighted by Crippen LogP contribution is 2.57. The number of esters is 1. The van der Waals surface area contributed by atoms with Crippen molar-refractivity contribution in [1.29, 1.82) is 0 Å². The number of methoxy groups -OCH3 is 1. The van der Waals surface area contributed by atoms with Crippen LogP contribution in [0.4, 0.5) is 0 Å². The lowest BCUT2D eigenvalue weighted by Crippen LogP contribution is -2.83. The van der Waals surface area contributed by atoms with Gasteiger partial charge in [-0.1, -0.05) is 23.6 Å². The molecule has 1 saturated heterocycles. The van der Waals surface area contributed by atoms with Crippen molar-refractivity contribution in [2.24, 2.45) is 11.8 Å². The summed E-state index contributed by atoms with van der Waals surface area (Å²) in [4.78, 5) is 28.6. The second-order valence-electron chi connectivity index (χ2n) is 11.4. The standard InChI is InChI=1S/C30H38NO12/c1-3-16-19(13-24(35)36)17(26(37)40-2)6-7-21(16)41-29(15-34)28(39)10-8-20-18-9-11-31-25(18)22(5-4-12-32)42-30(20,27(28)38)23(14-33)43-29/h3,6,9,11,16,19,21,23,27,32-34,38-39H,1,4-5,7-8,10,12-15H2,2H3,(H,35,36)/q-1. The Bertz CT molecular complexity index is 1420. The molecule has 5 rings (SSSR count). The molecule has 0 amide bonds. The SMILES string of the molecule is C=CC1C(OC2(CO)OC(CO)C34OC(CCCO)=c5[n-]ccc5=C3CCC2(O)C4O)CC=C(C(=O)OC)C1CC(=O)O. The summed E-state index contributed by atoms with van der Waals surface area (Å²) in [5.41, 5.74) is -3.31. The Morgan fingerprint density at radius 1 is 1.28 bits per heavy atom. The van der Waals surface area contributed by atoms with Crippen molar-refractivity contribution < 1.29 is 59.2 Å². The molecule has 13 nitrogen and oxygen atoms in total. The highest BCUT2D eigenvalue weighted by Gasteiger charge is 2.75. The van der Waals surface area contributed by atoms with Crippen LogP contribution in [0.1, 0.15) is 38.5 Å². The van der Waals surface area contributed by atoms with Crippen LogP contribution in [0.3, 0.4) is 0 Å². The van der Waals surface area contributed by atoms with Crippen molar-refractivity contribution in [2.45, 2.75) is 73.8 Å². The van der Waals surface area contributed by atoms with Crippen LogP contribution in [0.15, 0.2) is 36.6 Å². The average Bonchev–Trinajstić information content (AvgIpc) is 3.49. The highest BCUT2D eigenvalue weighted by atomic mass is 16.7. The molecule has 1 saturated carbocycles. The molecule has 2 fully saturated rings.